The number of hydrogen-bond donors (Lipinski definition) is 0. The van der Waals surface area contributed by atoms with Gasteiger partial charge in [0.25, 0.3) is 0 Å². The summed E-state index contributed by atoms with van der Waals surface area (Å²) >= 11 is 2.73. The molecule has 17 heavy (non-hydrogen) atoms. The first-order valence-electron chi connectivity index (χ1n) is 5.02. The normalized spacial score (nSPS) is 10.4. The minimum atomic E-state index is -0.0981. The van der Waals surface area contributed by atoms with Gasteiger partial charge in [0.2, 0.25) is 0 Å². The van der Waals surface area contributed by atoms with Crippen LogP contribution < -0.4 is 4.87 Å². The molecule has 0 bridgehead atoms. The highest BCUT2D eigenvalue weighted by atomic mass is 32.2. The first-order valence-corrected chi connectivity index (χ1v) is 7.12. The largest absolute Gasteiger partial charge is 0.307 e. The fourth-order valence-electron chi connectivity index (χ4n) is 1.43. The van der Waals surface area contributed by atoms with E-state index < -0.39 is 0 Å². The lowest BCUT2D eigenvalue weighted by Gasteiger charge is -2.02. The number of nitrogens with zero attached hydrogens (tertiary/aromatic N) is 1. The number of Topliss-reactive ketones (excluding diaryl/α,β-unsaturated/α-hetero) is 1. The lowest BCUT2D eigenvalue weighted by Crippen LogP contribution is -2.18. The zero-order valence-electron chi connectivity index (χ0n) is 9.25. The molecular weight excluding hydrogens is 254 g/mol. The number of thiazole rings is 1. The maximum absolute atomic E-state index is 11.9. The van der Waals surface area contributed by atoms with E-state index >= 15 is 0 Å². The lowest BCUT2D eigenvalue weighted by molar-refractivity contribution is 0.0971. The number of hydrogen-bond acceptors (Lipinski definition) is 4. The summed E-state index contributed by atoms with van der Waals surface area (Å²) in [5, 5.41) is 1.69. The molecule has 0 aliphatic carbocycles. The first kappa shape index (κ1) is 12.1. The van der Waals surface area contributed by atoms with Crippen molar-refractivity contribution < 1.29 is 4.79 Å². The van der Waals surface area contributed by atoms with Crippen molar-refractivity contribution in [1.82, 2.24) is 4.57 Å². The highest BCUT2D eigenvalue weighted by molar-refractivity contribution is 7.98. The second-order valence-corrected chi connectivity index (χ2v) is 5.19. The molecule has 0 aliphatic rings. The van der Waals surface area contributed by atoms with E-state index in [0.29, 0.717) is 5.56 Å². The van der Waals surface area contributed by atoms with Crippen molar-refractivity contribution in [3.05, 3.63) is 51.1 Å². The predicted molar refractivity (Wildman–Crippen MR) is 71.1 cm³/mol. The summed E-state index contributed by atoms with van der Waals surface area (Å²) in [6.07, 6.45) is 3.63. The third kappa shape index (κ3) is 2.87. The van der Waals surface area contributed by atoms with Gasteiger partial charge >= 0.3 is 4.87 Å². The van der Waals surface area contributed by atoms with Crippen LogP contribution in [0.5, 0.6) is 0 Å². The Balaban J connectivity index is 2.14. The Morgan fingerprint density at radius 1 is 1.35 bits per heavy atom. The van der Waals surface area contributed by atoms with Crippen molar-refractivity contribution in [2.75, 3.05) is 6.26 Å². The molecule has 0 unspecified atom stereocenters. The summed E-state index contributed by atoms with van der Waals surface area (Å²) in [5.74, 6) is -0.0434. The van der Waals surface area contributed by atoms with E-state index in [1.807, 2.05) is 18.4 Å². The Morgan fingerprint density at radius 3 is 2.59 bits per heavy atom. The Hall–Kier alpha value is -1.33. The van der Waals surface area contributed by atoms with Gasteiger partial charge in [0.1, 0.15) is 0 Å². The number of carbonyl (C=O) groups excluding carboxylic acids is 1. The summed E-state index contributed by atoms with van der Waals surface area (Å²) in [7, 11) is 0. The van der Waals surface area contributed by atoms with E-state index in [0.717, 1.165) is 16.2 Å². The third-order valence-corrected chi connectivity index (χ3v) is 3.81. The van der Waals surface area contributed by atoms with Crippen LogP contribution in [0.3, 0.4) is 0 Å². The second-order valence-electron chi connectivity index (χ2n) is 3.45. The fraction of sp³-hybridized carbons (Fsp3) is 0.167. The molecule has 2 rings (SSSR count). The standard InChI is InChI=1S/C12H11NO2S2/c1-16-10-4-2-9(3-5-10)11(14)8-13-6-7-17-12(13)15/h2-7H,8H2,1H3. The van der Waals surface area contributed by atoms with Gasteiger partial charge < -0.3 is 0 Å². The van der Waals surface area contributed by atoms with Crippen LogP contribution in [-0.4, -0.2) is 16.6 Å². The number of ketones is 1. The first-order chi connectivity index (χ1) is 8.20. The van der Waals surface area contributed by atoms with Gasteiger partial charge in [-0.2, -0.15) is 0 Å². The monoisotopic (exact) mass is 265 g/mol. The molecule has 0 aliphatic heterocycles. The second kappa shape index (κ2) is 5.33. The molecule has 0 N–H and O–H groups in total. The van der Waals surface area contributed by atoms with Gasteiger partial charge in [-0.15, -0.1) is 11.8 Å². The summed E-state index contributed by atoms with van der Waals surface area (Å²) in [4.78, 5) is 24.2. The maximum atomic E-state index is 11.9. The van der Waals surface area contributed by atoms with Gasteiger partial charge in [-0.1, -0.05) is 23.5 Å². The van der Waals surface area contributed by atoms with Gasteiger partial charge in [0, 0.05) is 22.0 Å². The quantitative estimate of drug-likeness (QED) is 0.630. The Kier molecular flexibility index (Phi) is 3.81. The van der Waals surface area contributed by atoms with Crippen molar-refractivity contribution in [2.45, 2.75) is 11.4 Å². The van der Waals surface area contributed by atoms with E-state index in [2.05, 4.69) is 0 Å². The van der Waals surface area contributed by atoms with E-state index in [-0.39, 0.29) is 17.2 Å². The van der Waals surface area contributed by atoms with Crippen LogP contribution in [0, 0.1) is 0 Å². The molecule has 3 nitrogen and oxygen atoms in total. The Morgan fingerprint density at radius 2 is 2.06 bits per heavy atom. The van der Waals surface area contributed by atoms with E-state index in [1.165, 1.54) is 4.57 Å². The molecule has 0 saturated heterocycles. The zero-order valence-corrected chi connectivity index (χ0v) is 10.9. The number of rotatable bonds is 4. The van der Waals surface area contributed by atoms with E-state index in [1.54, 1.807) is 35.5 Å². The van der Waals surface area contributed by atoms with Gasteiger partial charge in [0.15, 0.2) is 5.78 Å². The van der Waals surface area contributed by atoms with E-state index in [9.17, 15) is 9.59 Å². The predicted octanol–water partition coefficient (Wildman–Crippen LogP) is 2.51. The smallest absolute Gasteiger partial charge is 0.298 e. The number of thioether (sulfide) groups is 1. The highest BCUT2D eigenvalue weighted by Crippen LogP contribution is 2.15. The van der Waals surface area contributed by atoms with Gasteiger partial charge in [-0.3, -0.25) is 14.2 Å². The van der Waals surface area contributed by atoms with Crippen LogP contribution in [0.1, 0.15) is 10.4 Å². The summed E-state index contributed by atoms with van der Waals surface area (Å²) in [6, 6.07) is 7.42. The van der Waals surface area contributed by atoms with Crippen LogP contribution in [0.4, 0.5) is 0 Å². The highest BCUT2D eigenvalue weighted by Gasteiger charge is 2.08. The van der Waals surface area contributed by atoms with Crippen LogP contribution in [0.25, 0.3) is 0 Å². The fourth-order valence-corrected chi connectivity index (χ4v) is 2.42. The van der Waals surface area contributed by atoms with Crippen molar-refractivity contribution in [2.24, 2.45) is 0 Å². The van der Waals surface area contributed by atoms with Crippen molar-refractivity contribution >= 4 is 28.9 Å². The molecule has 88 valence electrons. The molecule has 0 atom stereocenters. The average molecular weight is 265 g/mol. The topological polar surface area (TPSA) is 39.1 Å². The van der Waals surface area contributed by atoms with Gasteiger partial charge in [-0.05, 0) is 18.4 Å². The van der Waals surface area contributed by atoms with Gasteiger partial charge in [-0.25, -0.2) is 0 Å². The summed E-state index contributed by atoms with van der Waals surface area (Å²) < 4.78 is 1.43. The van der Waals surface area contributed by atoms with Crippen LogP contribution in [-0.2, 0) is 6.54 Å². The lowest BCUT2D eigenvalue weighted by atomic mass is 10.1. The van der Waals surface area contributed by atoms with Crippen molar-refractivity contribution in [1.29, 1.82) is 0 Å². The molecule has 1 heterocycles. The van der Waals surface area contributed by atoms with Gasteiger partial charge in [0.05, 0.1) is 6.54 Å². The maximum Gasteiger partial charge on any atom is 0.307 e. The molecule has 1 aromatic heterocycles. The molecular formula is C12H11NO2S2. The van der Waals surface area contributed by atoms with E-state index in [4.69, 9.17) is 0 Å². The van der Waals surface area contributed by atoms with Crippen LogP contribution in [0.2, 0.25) is 0 Å². The summed E-state index contributed by atoms with van der Waals surface area (Å²) in [5.41, 5.74) is 0.640. The molecule has 0 radical (unpaired) electrons. The number of aromatic nitrogens is 1. The summed E-state index contributed by atoms with van der Waals surface area (Å²) in [6.45, 7) is 0.112. The average Bonchev–Trinajstić information content (AvgIpc) is 2.75. The molecule has 0 amide bonds. The number of carbonyl (C=O) groups is 1. The van der Waals surface area contributed by atoms with Crippen LogP contribution >= 0.6 is 23.1 Å². The van der Waals surface area contributed by atoms with Crippen molar-refractivity contribution in [3.8, 4) is 0 Å². The number of benzene rings is 1. The Labute approximate surface area is 107 Å². The third-order valence-electron chi connectivity index (χ3n) is 2.37. The minimum Gasteiger partial charge on any atom is -0.298 e. The zero-order chi connectivity index (χ0) is 12.3. The molecule has 5 heteroatoms. The minimum absolute atomic E-state index is 0.0434. The molecule has 0 fully saturated rings. The molecule has 0 spiro atoms. The molecule has 0 saturated carbocycles. The molecule has 2 aromatic rings. The SMILES string of the molecule is CSc1ccc(C(=O)Cn2ccsc2=O)cc1. The molecule has 1 aromatic carbocycles. The Bertz CT molecular complexity index is 569. The van der Waals surface area contributed by atoms with Crippen molar-refractivity contribution in [3.63, 3.8) is 0 Å². The van der Waals surface area contributed by atoms with Crippen LogP contribution in [0.15, 0.2) is 45.5 Å².